The second-order valence-electron chi connectivity index (χ2n) is 12.3. The zero-order valence-electron chi connectivity index (χ0n) is 27.6. The molecule has 10 N–H and O–H groups in total. The van der Waals surface area contributed by atoms with Crippen LogP contribution < -0.4 is 10.6 Å². The Hall–Kier alpha value is -2.81. The van der Waals surface area contributed by atoms with Crippen molar-refractivity contribution in [3.63, 3.8) is 0 Å². The van der Waals surface area contributed by atoms with Gasteiger partial charge in [-0.1, -0.05) is 6.07 Å². The summed E-state index contributed by atoms with van der Waals surface area (Å²) in [5, 5.41) is 82.0. The topological polar surface area (TPSA) is 277 Å². The normalized spacial score (nSPS) is 16.7. The van der Waals surface area contributed by atoms with Crippen molar-refractivity contribution >= 4 is 23.8 Å². The minimum atomic E-state index is -1.64. The molecule has 0 aliphatic carbocycles. The maximum absolute atomic E-state index is 12.6. The number of rotatable bonds is 18. The summed E-state index contributed by atoms with van der Waals surface area (Å²) in [6.07, 6.45) is -0.743. The van der Waals surface area contributed by atoms with Crippen molar-refractivity contribution in [1.82, 2.24) is 30.3 Å². The average Bonchev–Trinajstić information content (AvgIpc) is 3.06. The van der Waals surface area contributed by atoms with Crippen molar-refractivity contribution in [3.05, 3.63) is 29.6 Å². The minimum Gasteiger partial charge on any atom is -0.480 e. The van der Waals surface area contributed by atoms with Crippen LogP contribution in [0.4, 0.5) is 0 Å². The Balaban J connectivity index is 0.0000120. The van der Waals surface area contributed by atoms with Crippen LogP contribution in [0.25, 0.3) is 0 Å². The van der Waals surface area contributed by atoms with Crippen LogP contribution in [0.15, 0.2) is 18.2 Å². The molecule has 1 radical (unpaired) electrons. The maximum atomic E-state index is 12.6. The molecule has 0 saturated carbocycles. The monoisotopic (exact) mass is 741 g/mol. The first-order valence-corrected chi connectivity index (χ1v) is 15.6. The van der Waals surface area contributed by atoms with E-state index in [0.717, 1.165) is 0 Å². The average molecular weight is 742 g/mol. The molecule has 0 spiro atoms. The number of aromatic nitrogens is 1. The molecule has 2 atom stereocenters. The molecule has 19 heteroatoms. The molecule has 0 saturated heterocycles. The van der Waals surface area contributed by atoms with E-state index in [1.807, 2.05) is 4.90 Å². The molecule has 279 valence electrons. The van der Waals surface area contributed by atoms with E-state index in [0.29, 0.717) is 24.5 Å². The Morgan fingerprint density at radius 3 is 1.35 bits per heavy atom. The van der Waals surface area contributed by atoms with Gasteiger partial charge in [0.1, 0.15) is 23.2 Å². The number of nitrogens with one attached hydrogen (secondary N) is 2. The van der Waals surface area contributed by atoms with Gasteiger partial charge in [-0.15, -0.1) is 0 Å². The van der Waals surface area contributed by atoms with Crippen molar-refractivity contribution in [3.8, 4) is 0 Å². The van der Waals surface area contributed by atoms with E-state index in [-0.39, 0.29) is 68.9 Å². The van der Waals surface area contributed by atoms with Crippen LogP contribution in [0.3, 0.4) is 0 Å². The Labute approximate surface area is 295 Å². The predicted molar refractivity (Wildman–Crippen MR) is 168 cm³/mol. The summed E-state index contributed by atoms with van der Waals surface area (Å²) < 4.78 is 0. The van der Waals surface area contributed by atoms with Gasteiger partial charge in [0.05, 0.1) is 51.0 Å². The van der Waals surface area contributed by atoms with E-state index in [9.17, 15) is 60.0 Å². The van der Waals surface area contributed by atoms with E-state index in [4.69, 9.17) is 0 Å². The number of hydrogen-bond donors (Lipinski definition) is 10. The second-order valence-corrected chi connectivity index (χ2v) is 12.3. The number of aliphatic hydroxyl groups excluding tert-OH is 6. The number of carbonyl (C=O) groups excluding carboxylic acids is 2. The van der Waals surface area contributed by atoms with Crippen LogP contribution in [0, 0.1) is 0 Å². The zero-order chi connectivity index (χ0) is 35.9. The third-order valence-corrected chi connectivity index (χ3v) is 8.50. The largest absolute Gasteiger partial charge is 0.480 e. The zero-order valence-corrected chi connectivity index (χ0v) is 28.8. The third-order valence-electron chi connectivity index (χ3n) is 8.50. The molecule has 1 aromatic rings. The fraction of sp³-hybridized carbons (Fsp3) is 0.700. The molecule has 1 aliphatic heterocycles. The number of likely N-dealkylation sites (N-methyl/N-ethyl adjacent to an activating group) is 1. The van der Waals surface area contributed by atoms with Gasteiger partial charge in [-0.25, -0.2) is 0 Å². The van der Waals surface area contributed by atoms with E-state index in [1.54, 1.807) is 35.0 Å². The number of hydrogen-bond acceptors (Lipinski definition) is 14. The van der Waals surface area contributed by atoms with Crippen LogP contribution >= 0.6 is 0 Å². The number of aliphatic hydroxyl groups is 6. The molecule has 18 nitrogen and oxygen atoms in total. The fourth-order valence-electron chi connectivity index (χ4n) is 5.24. The Kier molecular flexibility index (Phi) is 19.3. The van der Waals surface area contributed by atoms with Gasteiger partial charge in [-0.3, -0.25) is 34.0 Å². The molecule has 2 bridgehead atoms. The standard InChI is InChI=1S/C30H50N6O12.Mn/c1-34-9-11-35(23(27(45)46)5-7-25(43)32-29(15-37,16-38)17-39)13-21-3-2-4-22(31-21)14-36(12-10-34)24(28(47)48)6-8-26(44)33-30(18-40,19-41)20-42;/h2-4,23-24,37-42H,5-20H2,1H3,(H,32,43)(H,33,44)(H,45,46)(H,47,48);. The molecular weight excluding hydrogens is 691 g/mol. The Bertz CT molecular complexity index is 1100. The second kappa shape index (κ2) is 21.4. The number of fused-ring (bicyclic) bond motifs is 2. The molecule has 49 heavy (non-hydrogen) atoms. The van der Waals surface area contributed by atoms with Gasteiger partial charge in [0.25, 0.3) is 0 Å². The number of carboxylic acid groups (broad SMARTS) is 2. The quantitative estimate of drug-likeness (QED) is 0.0638. The van der Waals surface area contributed by atoms with Crippen molar-refractivity contribution < 1.29 is 77.1 Å². The molecular formula is C30H50MnN6O12. The smallest absolute Gasteiger partial charge is 0.320 e. The first-order chi connectivity index (χ1) is 22.8. The first kappa shape index (κ1) is 44.2. The summed E-state index contributed by atoms with van der Waals surface area (Å²) in [7, 11) is 1.79. The summed E-state index contributed by atoms with van der Waals surface area (Å²) >= 11 is 0. The molecule has 1 aliphatic rings. The molecule has 2 unspecified atom stereocenters. The molecule has 1 aromatic heterocycles. The van der Waals surface area contributed by atoms with E-state index in [1.165, 1.54) is 0 Å². The van der Waals surface area contributed by atoms with Crippen molar-refractivity contribution in [2.45, 2.75) is 61.9 Å². The number of carbonyl (C=O) groups is 4. The minimum absolute atomic E-state index is 0. The maximum Gasteiger partial charge on any atom is 0.320 e. The molecule has 0 aromatic carbocycles. The van der Waals surface area contributed by atoms with Gasteiger partial charge < -0.3 is 56.4 Å². The van der Waals surface area contributed by atoms with Crippen LogP contribution in [-0.2, 0) is 49.3 Å². The van der Waals surface area contributed by atoms with Crippen molar-refractivity contribution in [2.24, 2.45) is 0 Å². The first-order valence-electron chi connectivity index (χ1n) is 15.6. The van der Waals surface area contributed by atoms with Crippen LogP contribution in [0.1, 0.15) is 37.1 Å². The Morgan fingerprint density at radius 2 is 1.04 bits per heavy atom. The number of nitrogens with zero attached hydrogens (tertiary/aromatic N) is 4. The van der Waals surface area contributed by atoms with Gasteiger partial charge in [-0.2, -0.15) is 0 Å². The van der Waals surface area contributed by atoms with Gasteiger partial charge >= 0.3 is 11.9 Å². The van der Waals surface area contributed by atoms with Crippen LogP contribution in [-0.4, -0.2) is 180 Å². The predicted octanol–water partition coefficient (Wildman–Crippen LogP) is -4.24. The summed E-state index contributed by atoms with van der Waals surface area (Å²) in [5.74, 6) is -3.63. The number of pyridine rings is 1. The number of amides is 2. The third kappa shape index (κ3) is 13.4. The molecule has 0 fully saturated rings. The molecule has 2 heterocycles. The molecule has 2 rings (SSSR count). The van der Waals surface area contributed by atoms with Crippen LogP contribution in [0.2, 0.25) is 0 Å². The van der Waals surface area contributed by atoms with E-state index < -0.39 is 86.6 Å². The summed E-state index contributed by atoms with van der Waals surface area (Å²) in [6, 6.07) is 2.91. The van der Waals surface area contributed by atoms with E-state index in [2.05, 4.69) is 15.6 Å². The Morgan fingerprint density at radius 1 is 0.694 bits per heavy atom. The summed E-state index contributed by atoms with van der Waals surface area (Å²) in [6.45, 7) is -2.84. The summed E-state index contributed by atoms with van der Waals surface area (Å²) in [4.78, 5) is 59.9. The van der Waals surface area contributed by atoms with E-state index >= 15 is 0 Å². The SMILES string of the molecule is CN1CCN(C(CCC(=O)NC(CO)(CO)CO)C(=O)O)Cc2cccc(n2)CN(C(CCC(=O)NC(CO)(CO)CO)C(=O)O)CC1.[Mn]. The van der Waals surface area contributed by atoms with Gasteiger partial charge in [0.2, 0.25) is 11.8 Å². The number of carboxylic acids is 2. The van der Waals surface area contributed by atoms with Gasteiger partial charge in [-0.05, 0) is 32.0 Å². The molecule has 2 amide bonds. The van der Waals surface area contributed by atoms with Crippen molar-refractivity contribution in [1.29, 1.82) is 0 Å². The fourth-order valence-corrected chi connectivity index (χ4v) is 5.24. The number of aliphatic carboxylic acids is 2. The van der Waals surface area contributed by atoms with Crippen molar-refractivity contribution in [2.75, 3.05) is 72.9 Å². The van der Waals surface area contributed by atoms with Gasteiger partial charge in [0, 0.05) is 69.2 Å². The summed E-state index contributed by atoms with van der Waals surface area (Å²) in [5.41, 5.74) is -2.26. The van der Waals surface area contributed by atoms with Gasteiger partial charge in [0.15, 0.2) is 0 Å². The van der Waals surface area contributed by atoms with Crippen LogP contribution in [0.5, 0.6) is 0 Å².